The molecule has 2 unspecified atom stereocenters. The zero-order valence-corrected chi connectivity index (χ0v) is 11.7. The molecule has 0 radical (unpaired) electrons. The largest absolute Gasteiger partial charge is 0.480 e. The molecule has 0 amide bonds. The lowest BCUT2D eigenvalue weighted by Crippen LogP contribution is -2.55. The number of ether oxygens (including phenoxy) is 1. The lowest BCUT2D eigenvalue weighted by Gasteiger charge is -2.35. The van der Waals surface area contributed by atoms with Gasteiger partial charge in [-0.05, 0) is 13.8 Å². The Labute approximate surface area is 114 Å². The zero-order chi connectivity index (χ0) is 13.9. The van der Waals surface area contributed by atoms with Crippen LogP contribution in [0.4, 0.5) is 0 Å². The van der Waals surface area contributed by atoms with Gasteiger partial charge >= 0.3 is 11.9 Å². The van der Waals surface area contributed by atoms with E-state index < -0.39 is 23.7 Å². The number of aliphatic carboxylic acids is 1. The van der Waals surface area contributed by atoms with Crippen molar-refractivity contribution in [3.8, 4) is 0 Å². The number of hydrogen-bond donors (Lipinski definition) is 2. The van der Waals surface area contributed by atoms with Crippen molar-refractivity contribution in [2.45, 2.75) is 32.0 Å². The van der Waals surface area contributed by atoms with Gasteiger partial charge < -0.3 is 19.8 Å². The van der Waals surface area contributed by atoms with Gasteiger partial charge in [-0.2, -0.15) is 0 Å². The molecule has 1 aliphatic heterocycles. The minimum atomic E-state index is -1.59. The van der Waals surface area contributed by atoms with E-state index in [1.54, 1.807) is 6.92 Å². The lowest BCUT2D eigenvalue weighted by molar-refractivity contribution is -0.160. The highest BCUT2D eigenvalue weighted by molar-refractivity contribution is 8.23. The van der Waals surface area contributed by atoms with Crippen molar-refractivity contribution in [2.75, 3.05) is 12.4 Å². The Kier molecular flexibility index (Phi) is 4.94. The minimum absolute atomic E-state index is 0.155. The second-order valence-electron chi connectivity index (χ2n) is 3.90. The monoisotopic (exact) mass is 293 g/mol. The molecule has 0 aromatic heterocycles. The van der Waals surface area contributed by atoms with Gasteiger partial charge in [0.2, 0.25) is 0 Å². The van der Waals surface area contributed by atoms with Crippen molar-refractivity contribution >= 4 is 40.2 Å². The molecule has 0 aromatic rings. The van der Waals surface area contributed by atoms with Crippen LogP contribution in [0.25, 0.3) is 0 Å². The lowest BCUT2D eigenvalue weighted by atomic mass is 10.1. The van der Waals surface area contributed by atoms with Gasteiger partial charge in [0.1, 0.15) is 10.4 Å². The van der Waals surface area contributed by atoms with Crippen LogP contribution in [-0.4, -0.2) is 55.5 Å². The molecule has 2 atom stereocenters. The Balaban J connectivity index is 2.87. The Morgan fingerprint density at radius 3 is 2.78 bits per heavy atom. The number of hydrogen-bond acceptors (Lipinski definition) is 6. The standard InChI is InChI=1S/C10H15NO5S2/c1-3-16-7(12)4-10(15)5-18-9(17)11(10)6(2)8(13)14/h6,15H,3-5H2,1-2H3,(H,13,14). The van der Waals surface area contributed by atoms with E-state index >= 15 is 0 Å². The maximum Gasteiger partial charge on any atom is 0.326 e. The number of esters is 1. The first-order chi connectivity index (χ1) is 8.31. The van der Waals surface area contributed by atoms with Crippen LogP contribution in [0, 0.1) is 0 Å². The third-order valence-electron chi connectivity index (χ3n) is 2.55. The average Bonchev–Trinajstić information content (AvgIpc) is 2.53. The van der Waals surface area contributed by atoms with Crippen LogP contribution in [-0.2, 0) is 14.3 Å². The first-order valence-electron chi connectivity index (χ1n) is 5.38. The molecule has 0 bridgehead atoms. The Hall–Kier alpha value is -0.860. The second kappa shape index (κ2) is 5.85. The highest BCUT2D eigenvalue weighted by Gasteiger charge is 2.48. The first-order valence-corrected chi connectivity index (χ1v) is 6.78. The van der Waals surface area contributed by atoms with Gasteiger partial charge in [-0.25, -0.2) is 4.79 Å². The van der Waals surface area contributed by atoms with Crippen LogP contribution >= 0.6 is 24.0 Å². The number of aliphatic hydroxyl groups is 1. The van der Waals surface area contributed by atoms with Gasteiger partial charge in [0.05, 0.1) is 13.0 Å². The van der Waals surface area contributed by atoms with E-state index in [9.17, 15) is 14.7 Å². The quantitative estimate of drug-likeness (QED) is 0.557. The van der Waals surface area contributed by atoms with E-state index in [0.29, 0.717) is 0 Å². The Bertz CT molecular complexity index is 375. The van der Waals surface area contributed by atoms with E-state index in [1.165, 1.54) is 11.8 Å². The average molecular weight is 293 g/mol. The number of carboxylic acid groups (broad SMARTS) is 1. The van der Waals surface area contributed by atoms with Gasteiger partial charge in [0.25, 0.3) is 0 Å². The molecule has 1 heterocycles. The molecule has 102 valence electrons. The minimum Gasteiger partial charge on any atom is -0.480 e. The van der Waals surface area contributed by atoms with Crippen molar-refractivity contribution in [1.82, 2.24) is 4.90 Å². The number of carbonyl (C=O) groups is 2. The summed E-state index contributed by atoms with van der Waals surface area (Å²) >= 11 is 6.17. The third-order valence-corrected chi connectivity index (χ3v) is 4.15. The fourth-order valence-electron chi connectivity index (χ4n) is 1.69. The zero-order valence-electron chi connectivity index (χ0n) is 10.1. The van der Waals surface area contributed by atoms with Crippen LogP contribution in [0.1, 0.15) is 20.3 Å². The first kappa shape index (κ1) is 15.2. The van der Waals surface area contributed by atoms with Gasteiger partial charge in [-0.1, -0.05) is 24.0 Å². The van der Waals surface area contributed by atoms with Crippen molar-refractivity contribution in [3.63, 3.8) is 0 Å². The summed E-state index contributed by atoms with van der Waals surface area (Å²) in [6.45, 7) is 3.28. The van der Waals surface area contributed by atoms with E-state index in [1.807, 2.05) is 0 Å². The van der Waals surface area contributed by atoms with Crippen molar-refractivity contribution in [1.29, 1.82) is 0 Å². The molecule has 0 aliphatic carbocycles. The van der Waals surface area contributed by atoms with Gasteiger partial charge in [0, 0.05) is 5.75 Å². The van der Waals surface area contributed by atoms with E-state index in [2.05, 4.69) is 0 Å². The molecule has 1 fully saturated rings. The molecular weight excluding hydrogens is 278 g/mol. The molecule has 0 spiro atoms. The summed E-state index contributed by atoms with van der Waals surface area (Å²) in [7, 11) is 0. The highest BCUT2D eigenvalue weighted by atomic mass is 32.2. The summed E-state index contributed by atoms with van der Waals surface area (Å²) in [4.78, 5) is 23.6. The number of nitrogens with zero attached hydrogens (tertiary/aromatic N) is 1. The molecule has 6 nitrogen and oxygen atoms in total. The maximum atomic E-state index is 11.4. The molecular formula is C10H15NO5S2. The fourth-order valence-corrected chi connectivity index (χ4v) is 3.26. The van der Waals surface area contributed by atoms with E-state index in [4.69, 9.17) is 22.1 Å². The van der Waals surface area contributed by atoms with Gasteiger partial charge in [0.15, 0.2) is 5.72 Å². The summed E-state index contributed by atoms with van der Waals surface area (Å²) in [6, 6.07) is -0.994. The molecule has 2 N–H and O–H groups in total. The fraction of sp³-hybridized carbons (Fsp3) is 0.700. The summed E-state index contributed by atoms with van der Waals surface area (Å²) < 4.78 is 5.04. The molecule has 18 heavy (non-hydrogen) atoms. The predicted octanol–water partition coefficient (Wildman–Crippen LogP) is 0.435. The Morgan fingerprint density at radius 1 is 1.67 bits per heavy atom. The number of thiocarbonyl (C=S) groups is 1. The van der Waals surface area contributed by atoms with E-state index in [-0.39, 0.29) is 23.1 Å². The summed E-state index contributed by atoms with van der Waals surface area (Å²) in [5.74, 6) is -1.53. The Morgan fingerprint density at radius 2 is 2.28 bits per heavy atom. The second-order valence-corrected chi connectivity index (χ2v) is 5.51. The maximum absolute atomic E-state index is 11.4. The third kappa shape index (κ3) is 3.12. The van der Waals surface area contributed by atoms with Gasteiger partial charge in [-0.15, -0.1) is 0 Å². The number of carboxylic acids is 1. The molecule has 0 saturated carbocycles. The van der Waals surface area contributed by atoms with Crippen LogP contribution in [0.5, 0.6) is 0 Å². The number of thioether (sulfide) groups is 1. The van der Waals surface area contributed by atoms with Crippen molar-refractivity contribution in [2.24, 2.45) is 0 Å². The van der Waals surface area contributed by atoms with Crippen molar-refractivity contribution in [3.05, 3.63) is 0 Å². The summed E-state index contributed by atoms with van der Waals surface area (Å²) in [5.41, 5.74) is -1.59. The van der Waals surface area contributed by atoms with Crippen LogP contribution in [0.2, 0.25) is 0 Å². The van der Waals surface area contributed by atoms with Crippen LogP contribution in [0.3, 0.4) is 0 Å². The molecule has 1 saturated heterocycles. The topological polar surface area (TPSA) is 87.1 Å². The molecule has 0 aromatic carbocycles. The summed E-state index contributed by atoms with van der Waals surface area (Å²) in [6.07, 6.45) is -0.300. The summed E-state index contributed by atoms with van der Waals surface area (Å²) in [5, 5.41) is 19.4. The molecule has 8 heteroatoms. The normalized spacial score (nSPS) is 25.1. The van der Waals surface area contributed by atoms with Crippen LogP contribution in [0.15, 0.2) is 0 Å². The van der Waals surface area contributed by atoms with Crippen LogP contribution < -0.4 is 0 Å². The molecule has 1 aliphatic rings. The van der Waals surface area contributed by atoms with E-state index in [0.717, 1.165) is 11.8 Å². The van der Waals surface area contributed by atoms with Gasteiger partial charge in [-0.3, -0.25) is 4.79 Å². The highest BCUT2D eigenvalue weighted by Crippen LogP contribution is 2.36. The number of carbonyl (C=O) groups excluding carboxylic acids is 1. The van der Waals surface area contributed by atoms with Crippen molar-refractivity contribution < 1.29 is 24.5 Å². The molecule has 1 rings (SSSR count). The predicted molar refractivity (Wildman–Crippen MR) is 70.2 cm³/mol. The SMILES string of the molecule is CCOC(=O)CC1(O)CSC(=S)N1C(C)C(=O)O. The number of rotatable bonds is 5. The smallest absolute Gasteiger partial charge is 0.326 e.